The summed E-state index contributed by atoms with van der Waals surface area (Å²) in [5.41, 5.74) is 12.8. The molecule has 1 aliphatic rings. The van der Waals surface area contributed by atoms with E-state index in [9.17, 15) is 4.39 Å². The van der Waals surface area contributed by atoms with E-state index in [4.69, 9.17) is 16.3 Å². The second-order valence-corrected chi connectivity index (χ2v) is 5.46. The van der Waals surface area contributed by atoms with Crippen LogP contribution in [0.25, 0.3) is 5.57 Å². The van der Waals surface area contributed by atoms with E-state index in [-0.39, 0.29) is 5.69 Å². The molecule has 0 unspecified atom stereocenters. The number of halogens is 1. The minimum atomic E-state index is -0.476. The van der Waals surface area contributed by atoms with Gasteiger partial charge in [0.2, 0.25) is 0 Å². The number of benzene rings is 1. The van der Waals surface area contributed by atoms with Crippen molar-refractivity contribution in [1.29, 1.82) is 0 Å². The summed E-state index contributed by atoms with van der Waals surface area (Å²) in [6, 6.07) is 3.23. The molecule has 1 aromatic carbocycles. The SMILES string of the molecule is CON(C)c1c(N)ccc(C(C=NCC2CCC2)=CN)c1F. The van der Waals surface area contributed by atoms with E-state index >= 15 is 0 Å². The molecule has 0 heterocycles. The molecular weight excluding hydrogens is 283 g/mol. The standard InChI is InChI=1S/C16H23FN4O/c1-21(22-2)16-14(19)7-6-13(15(16)17)12(8-18)10-20-9-11-4-3-5-11/h6-8,10-11H,3-5,9,18-19H2,1-2H3. The molecule has 1 aromatic rings. The van der Waals surface area contributed by atoms with Crippen LogP contribution in [0.2, 0.25) is 0 Å². The molecule has 0 spiro atoms. The number of allylic oxidation sites excluding steroid dienone is 1. The van der Waals surface area contributed by atoms with Gasteiger partial charge in [0, 0.05) is 37.1 Å². The number of hydrogen-bond acceptors (Lipinski definition) is 5. The Morgan fingerprint density at radius 1 is 1.50 bits per heavy atom. The topological polar surface area (TPSA) is 76.9 Å². The number of nitrogens with two attached hydrogens (primary N) is 2. The molecule has 0 saturated heterocycles. The Hall–Kier alpha value is -2.08. The van der Waals surface area contributed by atoms with Crippen LogP contribution in [0.4, 0.5) is 15.8 Å². The molecule has 0 aromatic heterocycles. The Kier molecular flexibility index (Phi) is 5.38. The molecule has 6 heteroatoms. The molecule has 1 saturated carbocycles. The Morgan fingerprint density at radius 2 is 2.23 bits per heavy atom. The van der Waals surface area contributed by atoms with Gasteiger partial charge in [-0.1, -0.05) is 6.42 Å². The summed E-state index contributed by atoms with van der Waals surface area (Å²) in [4.78, 5) is 9.41. The quantitative estimate of drug-likeness (QED) is 0.481. The molecule has 22 heavy (non-hydrogen) atoms. The number of aliphatic imine (C=N–C) groups is 1. The van der Waals surface area contributed by atoms with Gasteiger partial charge in [-0.3, -0.25) is 14.9 Å². The third-order valence-electron chi connectivity index (χ3n) is 4.05. The van der Waals surface area contributed by atoms with Gasteiger partial charge in [0.25, 0.3) is 0 Å². The lowest BCUT2D eigenvalue weighted by Crippen LogP contribution is -2.19. The summed E-state index contributed by atoms with van der Waals surface area (Å²) in [5.74, 6) is 0.179. The van der Waals surface area contributed by atoms with E-state index in [1.807, 2.05) is 0 Å². The maximum Gasteiger partial charge on any atom is 0.158 e. The minimum Gasteiger partial charge on any atom is -0.404 e. The predicted octanol–water partition coefficient (Wildman–Crippen LogP) is 2.58. The van der Waals surface area contributed by atoms with Crippen molar-refractivity contribution >= 4 is 23.2 Å². The molecule has 2 rings (SSSR count). The molecule has 1 fully saturated rings. The first kappa shape index (κ1) is 16.3. The zero-order valence-electron chi connectivity index (χ0n) is 13.1. The average Bonchev–Trinajstić information content (AvgIpc) is 2.46. The monoisotopic (exact) mass is 306 g/mol. The van der Waals surface area contributed by atoms with E-state index in [1.54, 1.807) is 25.4 Å². The molecule has 0 aliphatic heterocycles. The van der Waals surface area contributed by atoms with Crippen LogP contribution < -0.4 is 16.5 Å². The first-order valence-corrected chi connectivity index (χ1v) is 7.36. The van der Waals surface area contributed by atoms with E-state index in [1.165, 1.54) is 37.6 Å². The first-order valence-electron chi connectivity index (χ1n) is 7.36. The largest absolute Gasteiger partial charge is 0.404 e. The van der Waals surface area contributed by atoms with Gasteiger partial charge < -0.3 is 11.5 Å². The fourth-order valence-corrected chi connectivity index (χ4v) is 2.39. The fourth-order valence-electron chi connectivity index (χ4n) is 2.39. The van der Waals surface area contributed by atoms with Crippen molar-refractivity contribution in [3.8, 4) is 0 Å². The normalized spacial score (nSPS) is 16.0. The Labute approximate surface area is 130 Å². The Bertz CT molecular complexity index is 582. The summed E-state index contributed by atoms with van der Waals surface area (Å²) in [7, 11) is 3.04. The highest BCUT2D eigenvalue weighted by Crippen LogP contribution is 2.31. The lowest BCUT2D eigenvalue weighted by atomic mass is 9.86. The first-order chi connectivity index (χ1) is 10.6. The maximum atomic E-state index is 14.7. The molecule has 1 aliphatic carbocycles. The van der Waals surface area contributed by atoms with Gasteiger partial charge in [-0.2, -0.15) is 0 Å². The third-order valence-corrected chi connectivity index (χ3v) is 4.05. The lowest BCUT2D eigenvalue weighted by molar-refractivity contribution is 0.183. The van der Waals surface area contributed by atoms with Gasteiger partial charge in [-0.25, -0.2) is 4.39 Å². The zero-order chi connectivity index (χ0) is 16.1. The van der Waals surface area contributed by atoms with Crippen molar-refractivity contribution in [2.45, 2.75) is 19.3 Å². The van der Waals surface area contributed by atoms with Gasteiger partial charge in [0.05, 0.1) is 12.8 Å². The molecule has 0 amide bonds. The van der Waals surface area contributed by atoms with Crippen LogP contribution in [0.1, 0.15) is 24.8 Å². The van der Waals surface area contributed by atoms with Crippen molar-refractivity contribution in [3.63, 3.8) is 0 Å². The number of nitrogen functional groups attached to an aromatic ring is 1. The van der Waals surface area contributed by atoms with E-state index in [0.717, 1.165) is 6.54 Å². The number of nitrogens with zero attached hydrogens (tertiary/aromatic N) is 2. The summed E-state index contributed by atoms with van der Waals surface area (Å²) < 4.78 is 14.7. The van der Waals surface area contributed by atoms with Crippen LogP contribution >= 0.6 is 0 Å². The maximum absolute atomic E-state index is 14.7. The summed E-state index contributed by atoms with van der Waals surface area (Å²) in [6.07, 6.45) is 6.70. The van der Waals surface area contributed by atoms with E-state index < -0.39 is 5.82 Å². The van der Waals surface area contributed by atoms with Crippen LogP contribution in [-0.4, -0.2) is 26.9 Å². The molecule has 4 N–H and O–H groups in total. The van der Waals surface area contributed by atoms with Gasteiger partial charge in [0.15, 0.2) is 5.82 Å². The van der Waals surface area contributed by atoms with Gasteiger partial charge in [0.1, 0.15) is 5.69 Å². The van der Waals surface area contributed by atoms with Crippen molar-refractivity contribution < 1.29 is 9.23 Å². The molecule has 0 radical (unpaired) electrons. The van der Waals surface area contributed by atoms with Gasteiger partial charge >= 0.3 is 0 Å². The summed E-state index contributed by atoms with van der Waals surface area (Å²) >= 11 is 0. The molecule has 0 atom stereocenters. The van der Waals surface area contributed by atoms with Crippen LogP contribution in [-0.2, 0) is 4.84 Å². The smallest absolute Gasteiger partial charge is 0.158 e. The highest BCUT2D eigenvalue weighted by molar-refractivity contribution is 6.10. The van der Waals surface area contributed by atoms with Crippen LogP contribution in [0.15, 0.2) is 23.3 Å². The van der Waals surface area contributed by atoms with Crippen LogP contribution in [0.5, 0.6) is 0 Å². The number of hydrogen-bond donors (Lipinski definition) is 2. The second-order valence-electron chi connectivity index (χ2n) is 5.46. The highest BCUT2D eigenvalue weighted by atomic mass is 19.1. The number of rotatable bonds is 6. The van der Waals surface area contributed by atoms with Gasteiger partial charge in [-0.05, 0) is 30.9 Å². The average molecular weight is 306 g/mol. The number of hydroxylamine groups is 1. The van der Waals surface area contributed by atoms with Crippen molar-refractivity contribution in [2.24, 2.45) is 16.6 Å². The minimum absolute atomic E-state index is 0.187. The molecule has 120 valence electrons. The van der Waals surface area contributed by atoms with Crippen molar-refractivity contribution in [2.75, 3.05) is 31.5 Å². The van der Waals surface area contributed by atoms with Crippen molar-refractivity contribution in [1.82, 2.24) is 0 Å². The molecular formula is C16H23FN4O. The van der Waals surface area contributed by atoms with Crippen LogP contribution in [0, 0.1) is 11.7 Å². The Morgan fingerprint density at radius 3 is 2.77 bits per heavy atom. The zero-order valence-corrected chi connectivity index (χ0v) is 13.1. The lowest BCUT2D eigenvalue weighted by Gasteiger charge is -2.23. The summed E-state index contributed by atoms with van der Waals surface area (Å²) in [6.45, 7) is 0.763. The third kappa shape index (κ3) is 3.39. The van der Waals surface area contributed by atoms with Crippen LogP contribution in [0.3, 0.4) is 0 Å². The molecule has 0 bridgehead atoms. The van der Waals surface area contributed by atoms with Crippen molar-refractivity contribution in [3.05, 3.63) is 29.7 Å². The Balaban J connectivity index is 2.25. The predicted molar refractivity (Wildman–Crippen MR) is 89.1 cm³/mol. The summed E-state index contributed by atoms with van der Waals surface area (Å²) in [5, 5.41) is 1.29. The second kappa shape index (κ2) is 7.26. The number of anilines is 2. The van der Waals surface area contributed by atoms with Gasteiger partial charge in [-0.15, -0.1) is 0 Å². The fraction of sp³-hybridized carbons (Fsp3) is 0.438. The highest BCUT2D eigenvalue weighted by Gasteiger charge is 2.18. The van der Waals surface area contributed by atoms with E-state index in [2.05, 4.69) is 4.99 Å². The molecule has 5 nitrogen and oxygen atoms in total. The van der Waals surface area contributed by atoms with E-state index in [0.29, 0.717) is 22.7 Å².